The fourth-order valence-electron chi connectivity index (χ4n) is 1.96. The molecule has 0 saturated carbocycles. The largest absolute Gasteiger partial charge is 0.495 e. The van der Waals surface area contributed by atoms with Crippen molar-refractivity contribution in [1.29, 1.82) is 0 Å². The fraction of sp³-hybridized carbons (Fsp3) is 0.0714. The molecule has 1 aliphatic rings. The van der Waals surface area contributed by atoms with Crippen molar-refractivity contribution in [3.05, 3.63) is 58.6 Å². The van der Waals surface area contributed by atoms with Gasteiger partial charge in [0.25, 0.3) is 0 Å². The van der Waals surface area contributed by atoms with Crippen molar-refractivity contribution in [3.8, 4) is 11.1 Å². The van der Waals surface area contributed by atoms with Crippen molar-refractivity contribution in [3.63, 3.8) is 0 Å². The Morgan fingerprint density at radius 1 is 1.20 bits per heavy atom. The van der Waals surface area contributed by atoms with Crippen molar-refractivity contribution in [2.45, 2.75) is 0 Å². The van der Waals surface area contributed by atoms with Gasteiger partial charge in [-0.25, -0.2) is 8.78 Å². The maximum absolute atomic E-state index is 13.9. The number of hydrogen-bond acceptors (Lipinski definition) is 3. The zero-order valence-corrected chi connectivity index (χ0v) is 11.7. The SMILES string of the molecule is Fc1cccc(-c2cnoc2C2=CC(Br)=COC2)c1F. The number of rotatable bonds is 2. The normalized spacial score (nSPS) is 14.6. The number of ether oxygens (including phenoxy) is 1. The summed E-state index contributed by atoms with van der Waals surface area (Å²) >= 11 is 3.28. The highest BCUT2D eigenvalue weighted by atomic mass is 79.9. The van der Waals surface area contributed by atoms with Crippen LogP contribution in [-0.2, 0) is 4.74 Å². The van der Waals surface area contributed by atoms with Crippen LogP contribution in [0.5, 0.6) is 0 Å². The molecule has 0 aliphatic carbocycles. The molecule has 0 unspecified atom stereocenters. The van der Waals surface area contributed by atoms with Crippen LogP contribution in [0, 0.1) is 11.6 Å². The van der Waals surface area contributed by atoms with E-state index in [4.69, 9.17) is 9.26 Å². The van der Waals surface area contributed by atoms with Crippen LogP contribution in [-0.4, -0.2) is 11.8 Å². The molecule has 0 N–H and O–H groups in total. The van der Waals surface area contributed by atoms with E-state index in [1.807, 2.05) is 0 Å². The van der Waals surface area contributed by atoms with Crippen LogP contribution in [0.25, 0.3) is 16.7 Å². The highest BCUT2D eigenvalue weighted by Gasteiger charge is 2.21. The molecule has 6 heteroatoms. The second-order valence-corrected chi connectivity index (χ2v) is 5.07. The molecule has 1 aromatic heterocycles. The summed E-state index contributed by atoms with van der Waals surface area (Å²) in [6.45, 7) is 0.272. The summed E-state index contributed by atoms with van der Waals surface area (Å²) in [5.74, 6) is -1.48. The Kier molecular flexibility index (Phi) is 3.40. The zero-order valence-electron chi connectivity index (χ0n) is 10.1. The van der Waals surface area contributed by atoms with Gasteiger partial charge in [-0.15, -0.1) is 0 Å². The number of aromatic nitrogens is 1. The van der Waals surface area contributed by atoms with Gasteiger partial charge in [-0.3, -0.25) is 0 Å². The second-order valence-electron chi connectivity index (χ2n) is 4.15. The second kappa shape index (κ2) is 5.20. The van der Waals surface area contributed by atoms with Crippen LogP contribution in [0.3, 0.4) is 0 Å². The third-order valence-corrected chi connectivity index (χ3v) is 3.27. The van der Waals surface area contributed by atoms with E-state index in [0.29, 0.717) is 16.9 Å². The van der Waals surface area contributed by atoms with Crippen molar-refractivity contribution in [2.24, 2.45) is 0 Å². The number of allylic oxidation sites excluding steroid dienone is 2. The lowest BCUT2D eigenvalue weighted by atomic mass is 10.0. The van der Waals surface area contributed by atoms with Gasteiger partial charge in [0.2, 0.25) is 0 Å². The molecule has 0 spiro atoms. The summed E-state index contributed by atoms with van der Waals surface area (Å²) in [5, 5.41) is 3.67. The van der Waals surface area contributed by atoms with Crippen LogP contribution < -0.4 is 0 Å². The monoisotopic (exact) mass is 339 g/mol. The van der Waals surface area contributed by atoms with E-state index in [1.54, 1.807) is 12.3 Å². The summed E-state index contributed by atoms with van der Waals surface area (Å²) < 4.78 is 38.3. The Hall–Kier alpha value is -1.95. The lowest BCUT2D eigenvalue weighted by Gasteiger charge is -2.11. The maximum atomic E-state index is 13.9. The first-order chi connectivity index (χ1) is 9.66. The van der Waals surface area contributed by atoms with E-state index in [2.05, 4.69) is 21.1 Å². The average molecular weight is 340 g/mol. The minimum absolute atomic E-state index is 0.104. The van der Waals surface area contributed by atoms with Gasteiger partial charge in [-0.2, -0.15) is 0 Å². The van der Waals surface area contributed by atoms with Gasteiger partial charge in [0.1, 0.15) is 6.61 Å². The molecule has 1 aromatic carbocycles. The smallest absolute Gasteiger partial charge is 0.174 e. The molecule has 0 saturated heterocycles. The lowest BCUT2D eigenvalue weighted by Crippen LogP contribution is -1.99. The summed E-state index contributed by atoms with van der Waals surface area (Å²) in [7, 11) is 0. The van der Waals surface area contributed by atoms with Gasteiger partial charge in [0, 0.05) is 11.1 Å². The van der Waals surface area contributed by atoms with Gasteiger partial charge in [-0.1, -0.05) is 17.3 Å². The van der Waals surface area contributed by atoms with E-state index in [1.165, 1.54) is 18.3 Å². The highest BCUT2D eigenvalue weighted by molar-refractivity contribution is 9.11. The molecule has 2 aromatic rings. The first-order valence-corrected chi connectivity index (χ1v) is 6.53. The van der Waals surface area contributed by atoms with Crippen LogP contribution >= 0.6 is 15.9 Å². The summed E-state index contributed by atoms with van der Waals surface area (Å²) in [5.41, 5.74) is 1.18. The van der Waals surface area contributed by atoms with Gasteiger partial charge in [0.15, 0.2) is 17.4 Å². The average Bonchev–Trinajstić information content (AvgIpc) is 2.91. The molecule has 3 nitrogen and oxygen atoms in total. The maximum Gasteiger partial charge on any atom is 0.174 e. The molecule has 20 heavy (non-hydrogen) atoms. The molecule has 0 radical (unpaired) electrons. The summed E-state index contributed by atoms with van der Waals surface area (Å²) in [6, 6.07) is 3.98. The Morgan fingerprint density at radius 2 is 2.05 bits per heavy atom. The predicted octanol–water partition coefficient (Wildman–Crippen LogP) is 4.27. The third kappa shape index (κ3) is 2.27. The quantitative estimate of drug-likeness (QED) is 0.819. The molecule has 0 fully saturated rings. The van der Waals surface area contributed by atoms with E-state index >= 15 is 0 Å². The topological polar surface area (TPSA) is 35.3 Å². The molecule has 1 aliphatic heterocycles. The molecular weight excluding hydrogens is 332 g/mol. The minimum Gasteiger partial charge on any atom is -0.495 e. The van der Waals surface area contributed by atoms with E-state index in [-0.39, 0.29) is 12.2 Å². The van der Waals surface area contributed by atoms with E-state index in [0.717, 1.165) is 10.5 Å². The number of halogens is 3. The van der Waals surface area contributed by atoms with Crippen LogP contribution in [0.15, 0.2) is 45.7 Å². The van der Waals surface area contributed by atoms with Crippen molar-refractivity contribution >= 4 is 21.5 Å². The van der Waals surface area contributed by atoms with Gasteiger partial charge < -0.3 is 9.26 Å². The molecule has 0 bridgehead atoms. The van der Waals surface area contributed by atoms with Crippen LogP contribution in [0.4, 0.5) is 8.78 Å². The van der Waals surface area contributed by atoms with Gasteiger partial charge in [0.05, 0.1) is 22.5 Å². The van der Waals surface area contributed by atoms with Crippen molar-refractivity contribution in [2.75, 3.05) is 6.61 Å². The minimum atomic E-state index is -0.927. The lowest BCUT2D eigenvalue weighted by molar-refractivity contribution is 0.287. The molecule has 2 heterocycles. The zero-order chi connectivity index (χ0) is 14.1. The molecular formula is C14H8BrF2NO2. The Balaban J connectivity index is 2.11. The molecule has 3 rings (SSSR count). The standard InChI is InChI=1S/C14H8BrF2NO2/c15-9-4-8(6-19-7-9)14-11(5-18-20-14)10-2-1-3-12(16)13(10)17/h1-5,7H,6H2. The first-order valence-electron chi connectivity index (χ1n) is 5.74. The fourth-order valence-corrected chi connectivity index (χ4v) is 2.37. The number of hydrogen-bond donors (Lipinski definition) is 0. The first kappa shape index (κ1) is 13.1. The predicted molar refractivity (Wildman–Crippen MR) is 72.8 cm³/mol. The highest BCUT2D eigenvalue weighted by Crippen LogP contribution is 2.33. The number of nitrogens with zero attached hydrogens (tertiary/aromatic N) is 1. The number of benzene rings is 1. The van der Waals surface area contributed by atoms with Gasteiger partial charge >= 0.3 is 0 Å². The van der Waals surface area contributed by atoms with Crippen LogP contribution in [0.1, 0.15) is 5.76 Å². The summed E-state index contributed by atoms with van der Waals surface area (Å²) in [4.78, 5) is 0. The van der Waals surface area contributed by atoms with Gasteiger partial charge in [-0.05, 0) is 28.1 Å². The van der Waals surface area contributed by atoms with E-state index < -0.39 is 11.6 Å². The van der Waals surface area contributed by atoms with Crippen molar-refractivity contribution < 1.29 is 18.0 Å². The third-order valence-electron chi connectivity index (χ3n) is 2.85. The Bertz CT molecular complexity index is 722. The molecule has 0 atom stereocenters. The molecule has 0 amide bonds. The molecule has 102 valence electrons. The Morgan fingerprint density at radius 3 is 2.85 bits per heavy atom. The Labute approximate surface area is 121 Å². The van der Waals surface area contributed by atoms with Crippen LogP contribution in [0.2, 0.25) is 0 Å². The van der Waals surface area contributed by atoms with E-state index in [9.17, 15) is 8.78 Å². The van der Waals surface area contributed by atoms with Crippen molar-refractivity contribution in [1.82, 2.24) is 5.16 Å². The summed E-state index contributed by atoms with van der Waals surface area (Å²) in [6.07, 6.45) is 4.69.